The molecule has 0 radical (unpaired) electrons. The van der Waals surface area contributed by atoms with Crippen molar-refractivity contribution in [3.63, 3.8) is 0 Å². The number of tetrazole rings is 1. The van der Waals surface area contributed by atoms with Crippen molar-refractivity contribution in [2.45, 2.75) is 31.3 Å². The first-order valence-corrected chi connectivity index (χ1v) is 11.9. The highest BCUT2D eigenvalue weighted by Crippen LogP contribution is 2.22. The van der Waals surface area contributed by atoms with Gasteiger partial charge in [-0.15, -0.1) is 5.10 Å². The van der Waals surface area contributed by atoms with Crippen molar-refractivity contribution in [2.75, 3.05) is 36.8 Å². The summed E-state index contributed by atoms with van der Waals surface area (Å²) in [6.07, 6.45) is 3.40. The first-order valence-electron chi connectivity index (χ1n) is 10.9. The van der Waals surface area contributed by atoms with E-state index in [2.05, 4.69) is 34.6 Å². The highest BCUT2D eigenvalue weighted by Gasteiger charge is 2.23. The normalized spacial score (nSPS) is 14.1. The fourth-order valence-electron chi connectivity index (χ4n) is 3.74. The molecule has 1 amide bonds. The van der Waals surface area contributed by atoms with Gasteiger partial charge in [0.2, 0.25) is 11.1 Å². The molecule has 0 bridgehead atoms. The van der Waals surface area contributed by atoms with Crippen LogP contribution in [-0.2, 0) is 11.2 Å². The third-order valence-electron chi connectivity index (χ3n) is 5.59. The van der Waals surface area contributed by atoms with Gasteiger partial charge in [-0.3, -0.25) is 4.79 Å². The molecule has 9 heteroatoms. The van der Waals surface area contributed by atoms with Gasteiger partial charge in [0.05, 0.1) is 17.1 Å². The highest BCUT2D eigenvalue weighted by atomic mass is 32.2. The smallest absolute Gasteiger partial charge is 0.233 e. The number of benzene rings is 2. The average Bonchev–Trinajstić information content (AvgIpc) is 3.30. The number of carbonyl (C=O) groups is 1. The minimum absolute atomic E-state index is 0.0349. The number of aromatic nitrogens is 4. The molecule has 1 fully saturated rings. The molecule has 1 aromatic heterocycles. The van der Waals surface area contributed by atoms with Gasteiger partial charge < -0.3 is 9.80 Å². The topological polar surface area (TPSA) is 67.2 Å². The van der Waals surface area contributed by atoms with Crippen molar-refractivity contribution in [1.82, 2.24) is 25.1 Å². The molecule has 0 saturated carbocycles. The molecule has 7 nitrogen and oxygen atoms in total. The Hall–Kier alpha value is -2.94. The molecule has 0 spiro atoms. The van der Waals surface area contributed by atoms with Crippen molar-refractivity contribution >= 4 is 23.4 Å². The van der Waals surface area contributed by atoms with E-state index in [0.29, 0.717) is 37.0 Å². The second-order valence-corrected chi connectivity index (χ2v) is 8.69. The Kier molecular flexibility index (Phi) is 7.36. The van der Waals surface area contributed by atoms with Crippen LogP contribution in [0.15, 0.2) is 53.7 Å². The van der Waals surface area contributed by atoms with Crippen molar-refractivity contribution in [3.05, 3.63) is 59.9 Å². The monoisotopic (exact) mass is 454 g/mol. The van der Waals surface area contributed by atoms with Crippen LogP contribution < -0.4 is 4.90 Å². The van der Waals surface area contributed by atoms with E-state index in [1.54, 1.807) is 16.8 Å². The second kappa shape index (κ2) is 10.6. The van der Waals surface area contributed by atoms with Crippen molar-refractivity contribution in [2.24, 2.45) is 0 Å². The van der Waals surface area contributed by atoms with Crippen LogP contribution in [0.3, 0.4) is 0 Å². The fraction of sp³-hybridized carbons (Fsp3) is 0.391. The molecule has 1 aliphatic heterocycles. The molecule has 0 N–H and O–H groups in total. The summed E-state index contributed by atoms with van der Waals surface area (Å²) in [7, 11) is 0. The molecule has 0 aliphatic carbocycles. The fourth-order valence-corrected chi connectivity index (χ4v) is 4.53. The predicted molar refractivity (Wildman–Crippen MR) is 124 cm³/mol. The molecule has 3 aromatic rings. The Morgan fingerprint density at radius 2 is 1.81 bits per heavy atom. The summed E-state index contributed by atoms with van der Waals surface area (Å²) in [5.74, 6) is 0.0648. The van der Waals surface area contributed by atoms with E-state index in [4.69, 9.17) is 0 Å². The third kappa shape index (κ3) is 5.27. The van der Waals surface area contributed by atoms with Crippen molar-refractivity contribution < 1.29 is 9.18 Å². The van der Waals surface area contributed by atoms with Crippen LogP contribution in [0.1, 0.15) is 25.3 Å². The van der Waals surface area contributed by atoms with Crippen LogP contribution in [0.2, 0.25) is 0 Å². The number of piperazine rings is 1. The van der Waals surface area contributed by atoms with Crippen LogP contribution in [0.4, 0.5) is 10.1 Å². The molecule has 0 atom stereocenters. The minimum Gasteiger partial charge on any atom is -0.366 e. The number of hydrogen-bond acceptors (Lipinski definition) is 6. The number of aryl methyl sites for hydroxylation is 1. The van der Waals surface area contributed by atoms with E-state index >= 15 is 0 Å². The lowest BCUT2D eigenvalue weighted by Crippen LogP contribution is -2.49. The molecular formula is C23H27FN6OS. The molecule has 168 valence electrons. The van der Waals surface area contributed by atoms with Crippen LogP contribution in [-0.4, -0.2) is 62.9 Å². The number of hydrogen-bond donors (Lipinski definition) is 0. The first-order chi connectivity index (χ1) is 15.7. The average molecular weight is 455 g/mol. The summed E-state index contributed by atoms with van der Waals surface area (Å²) < 4.78 is 15.7. The number of anilines is 1. The standard InChI is InChI=1S/C23H27FN6OS/c1-2-3-6-18-9-11-19(12-10-18)30-23(25-26-27-30)32-17-22(31)29-15-13-28(14-16-29)21-8-5-4-7-20(21)24/h4-5,7-12H,2-3,6,13-17H2,1H3. The van der Waals surface area contributed by atoms with Gasteiger partial charge in [0.1, 0.15) is 5.82 Å². The Bertz CT molecular complexity index is 1030. The second-order valence-electron chi connectivity index (χ2n) is 7.75. The maximum Gasteiger partial charge on any atom is 0.233 e. The van der Waals surface area contributed by atoms with Crippen molar-refractivity contribution in [3.8, 4) is 5.69 Å². The Morgan fingerprint density at radius 1 is 1.06 bits per heavy atom. The number of halogens is 1. The van der Waals surface area contributed by atoms with E-state index in [9.17, 15) is 9.18 Å². The van der Waals surface area contributed by atoms with E-state index in [1.165, 1.54) is 36.2 Å². The van der Waals surface area contributed by atoms with Crippen LogP contribution >= 0.6 is 11.8 Å². The number of rotatable bonds is 8. The lowest BCUT2D eigenvalue weighted by molar-refractivity contribution is -0.128. The van der Waals surface area contributed by atoms with E-state index in [1.807, 2.05) is 28.0 Å². The zero-order valence-electron chi connectivity index (χ0n) is 18.2. The molecule has 32 heavy (non-hydrogen) atoms. The van der Waals surface area contributed by atoms with Gasteiger partial charge in [0, 0.05) is 26.2 Å². The SMILES string of the molecule is CCCCc1ccc(-n2nnnc2SCC(=O)N2CCN(c3ccccc3F)CC2)cc1. The summed E-state index contributed by atoms with van der Waals surface area (Å²) in [6.45, 7) is 4.54. The number of para-hydroxylation sites is 1. The lowest BCUT2D eigenvalue weighted by atomic mass is 10.1. The van der Waals surface area contributed by atoms with Crippen molar-refractivity contribution in [1.29, 1.82) is 0 Å². The summed E-state index contributed by atoms with van der Waals surface area (Å²) in [5.41, 5.74) is 2.76. The lowest BCUT2D eigenvalue weighted by Gasteiger charge is -2.36. The zero-order chi connectivity index (χ0) is 22.3. The predicted octanol–water partition coefficient (Wildman–Crippen LogP) is 3.58. The van der Waals surface area contributed by atoms with Gasteiger partial charge in [-0.05, 0) is 53.1 Å². The van der Waals surface area contributed by atoms with Crippen LogP contribution in [0.5, 0.6) is 0 Å². The van der Waals surface area contributed by atoms with Crippen LogP contribution in [0, 0.1) is 5.82 Å². The molecule has 1 aliphatic rings. The molecule has 4 rings (SSSR count). The minimum atomic E-state index is -0.229. The van der Waals surface area contributed by atoms with Gasteiger partial charge >= 0.3 is 0 Å². The van der Waals surface area contributed by atoms with Gasteiger partial charge in [0.15, 0.2) is 0 Å². The summed E-state index contributed by atoms with van der Waals surface area (Å²) in [6, 6.07) is 15.0. The number of thioether (sulfide) groups is 1. The van der Waals surface area contributed by atoms with Gasteiger partial charge in [-0.2, -0.15) is 4.68 Å². The maximum atomic E-state index is 14.0. The van der Waals surface area contributed by atoms with Gasteiger partial charge in [0.25, 0.3) is 0 Å². The van der Waals surface area contributed by atoms with Crippen LogP contribution in [0.25, 0.3) is 5.69 Å². The molecule has 2 heterocycles. The highest BCUT2D eigenvalue weighted by molar-refractivity contribution is 7.99. The summed E-state index contributed by atoms with van der Waals surface area (Å²) in [4.78, 5) is 16.5. The Morgan fingerprint density at radius 3 is 2.53 bits per heavy atom. The number of amides is 1. The molecule has 1 saturated heterocycles. The van der Waals surface area contributed by atoms with Gasteiger partial charge in [-0.25, -0.2) is 4.39 Å². The van der Waals surface area contributed by atoms with E-state index < -0.39 is 0 Å². The summed E-state index contributed by atoms with van der Waals surface area (Å²) >= 11 is 1.33. The zero-order valence-corrected chi connectivity index (χ0v) is 19.0. The molecule has 2 aromatic carbocycles. The maximum absolute atomic E-state index is 14.0. The number of carbonyl (C=O) groups excluding carboxylic acids is 1. The van der Waals surface area contributed by atoms with Gasteiger partial charge in [-0.1, -0.05) is 49.4 Å². The third-order valence-corrected chi connectivity index (χ3v) is 6.50. The Balaban J connectivity index is 1.31. The quantitative estimate of drug-likeness (QED) is 0.485. The molecular weight excluding hydrogens is 427 g/mol. The largest absolute Gasteiger partial charge is 0.366 e. The number of unbranched alkanes of at least 4 members (excludes halogenated alkanes) is 1. The first kappa shape index (κ1) is 22.3. The van der Waals surface area contributed by atoms with E-state index in [0.717, 1.165) is 12.1 Å². The van der Waals surface area contributed by atoms with E-state index in [-0.39, 0.29) is 17.5 Å². The molecule has 0 unspecified atom stereocenters. The number of nitrogens with zero attached hydrogens (tertiary/aromatic N) is 6. The summed E-state index contributed by atoms with van der Waals surface area (Å²) in [5, 5.41) is 12.6. The Labute approximate surface area is 191 Å².